The number of benzene rings is 2. The highest BCUT2D eigenvalue weighted by Gasteiger charge is 2.20. The number of rotatable bonds is 9. The minimum atomic E-state index is -0.383. The van der Waals surface area contributed by atoms with Gasteiger partial charge in [-0.3, -0.25) is 9.59 Å². The molecule has 2 aromatic carbocycles. The second kappa shape index (κ2) is 10.5. The summed E-state index contributed by atoms with van der Waals surface area (Å²) in [5.41, 5.74) is 2.07. The number of nitrogens with one attached hydrogen (secondary N) is 2. The van der Waals surface area contributed by atoms with E-state index in [9.17, 15) is 9.59 Å². The fraction of sp³-hybridized carbons (Fsp3) is 0.273. The van der Waals surface area contributed by atoms with Crippen LogP contribution in [0.4, 0.5) is 11.4 Å². The monoisotopic (exact) mass is 457 g/mol. The number of hydrogen-bond acceptors (Lipinski definition) is 6. The summed E-state index contributed by atoms with van der Waals surface area (Å²) in [4.78, 5) is 24.0. The molecule has 7 nitrogen and oxygen atoms in total. The number of ketones is 1. The zero-order chi connectivity index (χ0) is 22.4. The van der Waals surface area contributed by atoms with Crippen LogP contribution in [0.1, 0.15) is 37.0 Å². The smallest absolute Gasteiger partial charge is 0.237 e. The number of carbonyl (C=O) groups is 2. The molecule has 162 valence electrons. The van der Waals surface area contributed by atoms with Crippen molar-refractivity contribution >= 4 is 46.4 Å². The molecule has 1 atom stereocenters. The van der Waals surface area contributed by atoms with E-state index in [1.54, 1.807) is 24.3 Å². The summed E-state index contributed by atoms with van der Waals surface area (Å²) in [5, 5.41) is 15.6. The first-order valence-electron chi connectivity index (χ1n) is 9.88. The van der Waals surface area contributed by atoms with Gasteiger partial charge in [-0.2, -0.15) is 0 Å². The first-order valence-corrected chi connectivity index (χ1v) is 11.1. The average molecular weight is 458 g/mol. The minimum absolute atomic E-state index is 0.0134. The lowest BCUT2D eigenvalue weighted by molar-refractivity contribution is -0.115. The van der Waals surface area contributed by atoms with Crippen LogP contribution < -0.4 is 10.6 Å². The van der Waals surface area contributed by atoms with E-state index < -0.39 is 0 Å². The van der Waals surface area contributed by atoms with Crippen molar-refractivity contribution in [2.24, 2.45) is 0 Å². The molecule has 0 saturated heterocycles. The number of nitrogens with zero attached hydrogens (tertiary/aromatic N) is 3. The van der Waals surface area contributed by atoms with Crippen LogP contribution in [0.25, 0.3) is 0 Å². The normalized spacial score (nSPS) is 11.7. The van der Waals surface area contributed by atoms with Crippen LogP contribution in [0.5, 0.6) is 0 Å². The first kappa shape index (κ1) is 22.8. The first-order chi connectivity index (χ1) is 14.9. The van der Waals surface area contributed by atoms with Crippen LogP contribution in [0.3, 0.4) is 0 Å². The number of Topliss-reactive ketones (excluding diaryl/α,β-unsaturated/α-hetero) is 1. The molecule has 0 fully saturated rings. The fourth-order valence-corrected chi connectivity index (χ4v) is 4.01. The summed E-state index contributed by atoms with van der Waals surface area (Å²) in [7, 11) is 0. The molecule has 1 heterocycles. The number of amides is 1. The summed E-state index contributed by atoms with van der Waals surface area (Å²) in [5.74, 6) is 0.597. The van der Waals surface area contributed by atoms with Crippen molar-refractivity contribution in [1.29, 1.82) is 0 Å². The molecule has 0 unspecified atom stereocenters. The van der Waals surface area contributed by atoms with E-state index in [0.29, 0.717) is 34.5 Å². The van der Waals surface area contributed by atoms with Gasteiger partial charge in [-0.15, -0.1) is 10.2 Å². The van der Waals surface area contributed by atoms with Crippen molar-refractivity contribution in [3.8, 4) is 0 Å². The van der Waals surface area contributed by atoms with Gasteiger partial charge in [0.15, 0.2) is 16.8 Å². The second-order valence-electron chi connectivity index (χ2n) is 6.86. The highest BCUT2D eigenvalue weighted by atomic mass is 35.5. The molecule has 0 aliphatic carbocycles. The minimum Gasteiger partial charge on any atom is -0.377 e. The third-order valence-electron chi connectivity index (χ3n) is 4.63. The molecule has 31 heavy (non-hydrogen) atoms. The number of hydrogen-bond donors (Lipinski definition) is 2. The van der Waals surface area contributed by atoms with Gasteiger partial charge in [0.2, 0.25) is 5.91 Å². The van der Waals surface area contributed by atoms with E-state index in [0.717, 1.165) is 11.5 Å². The average Bonchev–Trinajstić information content (AvgIpc) is 3.14. The molecular weight excluding hydrogens is 434 g/mol. The molecule has 3 aromatic rings. The SMILES string of the molecule is CCn1c(CNc2ccccc2Cl)nnc1S[C@@H](C)C(=O)Nc1ccc(C(C)=O)cc1. The molecular formula is C22H24ClN5O2S. The lowest BCUT2D eigenvalue weighted by atomic mass is 10.1. The van der Waals surface area contributed by atoms with Crippen molar-refractivity contribution in [1.82, 2.24) is 14.8 Å². The Balaban J connectivity index is 1.62. The highest BCUT2D eigenvalue weighted by molar-refractivity contribution is 8.00. The Hall–Kier alpha value is -2.84. The highest BCUT2D eigenvalue weighted by Crippen LogP contribution is 2.25. The zero-order valence-corrected chi connectivity index (χ0v) is 19.1. The molecule has 9 heteroatoms. The lowest BCUT2D eigenvalue weighted by Gasteiger charge is -2.13. The maximum absolute atomic E-state index is 12.6. The Morgan fingerprint density at radius 3 is 2.48 bits per heavy atom. The van der Waals surface area contributed by atoms with E-state index in [2.05, 4.69) is 20.8 Å². The van der Waals surface area contributed by atoms with Crippen molar-refractivity contribution in [3.63, 3.8) is 0 Å². The van der Waals surface area contributed by atoms with Gasteiger partial charge in [-0.1, -0.05) is 35.5 Å². The Morgan fingerprint density at radius 2 is 1.84 bits per heavy atom. The topological polar surface area (TPSA) is 88.9 Å². The Labute approximate surface area is 190 Å². The molecule has 1 aromatic heterocycles. The van der Waals surface area contributed by atoms with Gasteiger partial charge < -0.3 is 15.2 Å². The molecule has 0 saturated carbocycles. The summed E-state index contributed by atoms with van der Waals surface area (Å²) in [6.07, 6.45) is 0. The van der Waals surface area contributed by atoms with E-state index in [-0.39, 0.29) is 16.9 Å². The number of para-hydroxylation sites is 1. The van der Waals surface area contributed by atoms with Gasteiger partial charge in [-0.05, 0) is 57.2 Å². The molecule has 0 aliphatic rings. The largest absolute Gasteiger partial charge is 0.377 e. The standard InChI is InChI=1S/C22H24ClN5O2S/c1-4-28-20(13-24-19-8-6-5-7-18(19)23)26-27-22(28)31-15(3)21(30)25-17-11-9-16(10-12-17)14(2)29/h5-12,15,24H,4,13H2,1-3H3,(H,25,30)/t15-/m0/s1. The van der Waals surface area contributed by atoms with Crippen LogP contribution in [-0.2, 0) is 17.9 Å². The quantitative estimate of drug-likeness (QED) is 0.351. The van der Waals surface area contributed by atoms with Crippen molar-refractivity contribution in [2.75, 3.05) is 10.6 Å². The van der Waals surface area contributed by atoms with E-state index in [4.69, 9.17) is 11.6 Å². The fourth-order valence-electron chi connectivity index (χ4n) is 2.88. The third kappa shape index (κ3) is 5.86. The van der Waals surface area contributed by atoms with Crippen LogP contribution in [-0.4, -0.2) is 31.7 Å². The van der Waals surface area contributed by atoms with Crippen molar-refractivity contribution < 1.29 is 9.59 Å². The third-order valence-corrected chi connectivity index (χ3v) is 6.04. The van der Waals surface area contributed by atoms with E-state index >= 15 is 0 Å². The predicted octanol–water partition coefficient (Wildman–Crippen LogP) is 4.89. The van der Waals surface area contributed by atoms with Crippen molar-refractivity contribution in [3.05, 3.63) is 64.9 Å². The van der Waals surface area contributed by atoms with Gasteiger partial charge >= 0.3 is 0 Å². The summed E-state index contributed by atoms with van der Waals surface area (Å²) in [6, 6.07) is 14.3. The van der Waals surface area contributed by atoms with Crippen molar-refractivity contribution in [2.45, 2.75) is 44.3 Å². The van der Waals surface area contributed by atoms with Gasteiger partial charge in [-0.25, -0.2) is 0 Å². The van der Waals surface area contributed by atoms with Crippen LogP contribution in [0, 0.1) is 0 Å². The number of carbonyl (C=O) groups excluding carboxylic acids is 2. The maximum atomic E-state index is 12.6. The lowest BCUT2D eigenvalue weighted by Crippen LogP contribution is -2.23. The van der Waals surface area contributed by atoms with Gasteiger partial charge in [0.1, 0.15) is 0 Å². The van der Waals surface area contributed by atoms with Crippen LogP contribution in [0.2, 0.25) is 5.02 Å². The molecule has 2 N–H and O–H groups in total. The summed E-state index contributed by atoms with van der Waals surface area (Å²) in [6.45, 7) is 6.48. The maximum Gasteiger partial charge on any atom is 0.237 e. The number of thioether (sulfide) groups is 1. The van der Waals surface area contributed by atoms with Gasteiger partial charge in [0, 0.05) is 17.8 Å². The molecule has 0 aliphatic heterocycles. The Bertz CT molecular complexity index is 1070. The number of halogens is 1. The summed E-state index contributed by atoms with van der Waals surface area (Å²) < 4.78 is 1.97. The van der Waals surface area contributed by atoms with E-state index in [1.165, 1.54) is 18.7 Å². The molecule has 1 amide bonds. The van der Waals surface area contributed by atoms with Crippen LogP contribution in [0.15, 0.2) is 53.7 Å². The van der Waals surface area contributed by atoms with E-state index in [1.807, 2.05) is 42.7 Å². The molecule has 0 bridgehead atoms. The second-order valence-corrected chi connectivity index (χ2v) is 8.57. The molecule has 0 radical (unpaired) electrons. The number of aromatic nitrogens is 3. The molecule has 3 rings (SSSR count). The predicted molar refractivity (Wildman–Crippen MR) is 125 cm³/mol. The van der Waals surface area contributed by atoms with Gasteiger partial charge in [0.25, 0.3) is 0 Å². The Kier molecular flexibility index (Phi) is 7.70. The summed E-state index contributed by atoms with van der Waals surface area (Å²) >= 11 is 7.54. The van der Waals surface area contributed by atoms with Gasteiger partial charge in [0.05, 0.1) is 22.5 Å². The molecule has 0 spiro atoms. The zero-order valence-electron chi connectivity index (χ0n) is 17.6. The Morgan fingerprint density at radius 1 is 1.13 bits per heavy atom. The van der Waals surface area contributed by atoms with Crippen LogP contribution >= 0.6 is 23.4 Å². The number of anilines is 2.